The fourth-order valence-electron chi connectivity index (χ4n) is 1.61. The molecule has 0 unspecified atom stereocenters. The predicted molar refractivity (Wildman–Crippen MR) is 87.6 cm³/mol. The maximum atomic E-state index is 11.8. The number of hydrogen-bond acceptors (Lipinski definition) is 4. The van der Waals surface area contributed by atoms with Crippen LogP contribution in [0.1, 0.15) is 38.3 Å². The molecule has 1 rings (SSSR count). The summed E-state index contributed by atoms with van der Waals surface area (Å²) in [5.41, 5.74) is 2.61. The first-order valence-electron chi connectivity index (χ1n) is 7.04. The molecule has 118 valence electrons. The summed E-state index contributed by atoms with van der Waals surface area (Å²) in [4.78, 5) is 21.4. The van der Waals surface area contributed by atoms with Gasteiger partial charge in [-0.25, -0.2) is 9.98 Å². The van der Waals surface area contributed by atoms with Gasteiger partial charge in [-0.2, -0.15) is 0 Å². The zero-order chi connectivity index (χ0) is 15.9. The first kappa shape index (κ1) is 17.4. The Balaban J connectivity index is 2.54. The molecule has 1 heterocycles. The number of nitrogens with one attached hydrogen (secondary N) is 3. The van der Waals surface area contributed by atoms with Gasteiger partial charge in [0.25, 0.3) is 0 Å². The van der Waals surface area contributed by atoms with Gasteiger partial charge < -0.3 is 16.0 Å². The van der Waals surface area contributed by atoms with Gasteiger partial charge in [-0.05, 0) is 34.6 Å². The van der Waals surface area contributed by atoms with Crippen molar-refractivity contribution < 1.29 is 4.79 Å². The standard InChI is InChI=1S/C14H25N5OS/c1-6-15-13(16-7-11-10(2)18-9-21-11)17-8-12(20)19-14(3,4)5/h9H,6-8H2,1-5H3,(H,19,20)(H2,15,16,17). The summed E-state index contributed by atoms with van der Waals surface area (Å²) in [6, 6.07) is 0. The van der Waals surface area contributed by atoms with Crippen LogP contribution in [-0.4, -0.2) is 35.5 Å². The minimum Gasteiger partial charge on any atom is -0.357 e. The van der Waals surface area contributed by atoms with Crippen molar-refractivity contribution >= 4 is 23.2 Å². The molecule has 0 saturated heterocycles. The van der Waals surface area contributed by atoms with Crippen molar-refractivity contribution in [1.29, 1.82) is 0 Å². The molecule has 0 aliphatic carbocycles. The largest absolute Gasteiger partial charge is 0.357 e. The first-order valence-corrected chi connectivity index (χ1v) is 7.92. The summed E-state index contributed by atoms with van der Waals surface area (Å²) in [6.07, 6.45) is 0. The van der Waals surface area contributed by atoms with Crippen LogP contribution in [0.5, 0.6) is 0 Å². The number of aromatic nitrogens is 1. The molecule has 0 radical (unpaired) electrons. The van der Waals surface area contributed by atoms with E-state index in [2.05, 4.69) is 25.9 Å². The molecule has 0 fully saturated rings. The average molecular weight is 311 g/mol. The molecule has 3 N–H and O–H groups in total. The van der Waals surface area contributed by atoms with Gasteiger partial charge in [-0.15, -0.1) is 11.3 Å². The lowest BCUT2D eigenvalue weighted by atomic mass is 10.1. The van der Waals surface area contributed by atoms with E-state index in [9.17, 15) is 4.79 Å². The molecule has 0 aromatic carbocycles. The summed E-state index contributed by atoms with van der Waals surface area (Å²) in [7, 11) is 0. The monoisotopic (exact) mass is 311 g/mol. The fourth-order valence-corrected chi connectivity index (χ4v) is 2.33. The summed E-state index contributed by atoms with van der Waals surface area (Å²) >= 11 is 1.61. The molecule has 1 amide bonds. The molecular weight excluding hydrogens is 286 g/mol. The number of amides is 1. The van der Waals surface area contributed by atoms with Crippen LogP contribution in [0.15, 0.2) is 10.5 Å². The smallest absolute Gasteiger partial charge is 0.242 e. The normalized spacial score (nSPS) is 12.1. The number of hydrogen-bond donors (Lipinski definition) is 3. The van der Waals surface area contributed by atoms with Gasteiger partial charge in [0.2, 0.25) is 5.91 Å². The second-order valence-corrected chi connectivity index (χ2v) is 6.65. The number of nitrogens with zero attached hydrogens (tertiary/aromatic N) is 2. The van der Waals surface area contributed by atoms with Gasteiger partial charge in [-0.1, -0.05) is 0 Å². The van der Waals surface area contributed by atoms with Gasteiger partial charge in [0.15, 0.2) is 5.96 Å². The first-order chi connectivity index (χ1) is 9.81. The van der Waals surface area contributed by atoms with Crippen LogP contribution >= 0.6 is 11.3 Å². The highest BCUT2D eigenvalue weighted by atomic mass is 32.1. The molecule has 6 nitrogen and oxygen atoms in total. The van der Waals surface area contributed by atoms with E-state index >= 15 is 0 Å². The Bertz CT molecular complexity index is 490. The SMILES string of the molecule is CCNC(=NCC(=O)NC(C)(C)C)NCc1scnc1C. The Labute approximate surface area is 130 Å². The number of aliphatic imine (C=N–C) groups is 1. The second-order valence-electron chi connectivity index (χ2n) is 5.71. The highest BCUT2D eigenvalue weighted by molar-refractivity contribution is 7.09. The van der Waals surface area contributed by atoms with Crippen molar-refractivity contribution in [2.75, 3.05) is 13.1 Å². The second kappa shape index (κ2) is 7.97. The maximum absolute atomic E-state index is 11.8. The van der Waals surface area contributed by atoms with E-state index in [1.54, 1.807) is 11.3 Å². The topological polar surface area (TPSA) is 78.4 Å². The van der Waals surface area contributed by atoms with E-state index in [-0.39, 0.29) is 18.0 Å². The van der Waals surface area contributed by atoms with Gasteiger partial charge in [0, 0.05) is 17.0 Å². The third kappa shape index (κ3) is 7.08. The Morgan fingerprint density at radius 3 is 2.62 bits per heavy atom. The lowest BCUT2D eigenvalue weighted by Gasteiger charge is -2.20. The number of carbonyl (C=O) groups excluding carboxylic acids is 1. The molecule has 21 heavy (non-hydrogen) atoms. The van der Waals surface area contributed by atoms with Crippen molar-refractivity contribution in [3.63, 3.8) is 0 Å². The van der Waals surface area contributed by atoms with E-state index in [4.69, 9.17) is 0 Å². The number of aryl methyl sites for hydroxylation is 1. The Kier molecular flexibility index (Phi) is 6.61. The van der Waals surface area contributed by atoms with Crippen LogP contribution in [0.25, 0.3) is 0 Å². The van der Waals surface area contributed by atoms with Gasteiger partial charge in [0.05, 0.1) is 17.7 Å². The zero-order valence-corrected chi connectivity index (χ0v) is 14.2. The molecule has 0 atom stereocenters. The van der Waals surface area contributed by atoms with Gasteiger partial charge in [0.1, 0.15) is 6.54 Å². The highest BCUT2D eigenvalue weighted by Crippen LogP contribution is 2.10. The molecule has 1 aromatic heterocycles. The molecule has 7 heteroatoms. The third-order valence-corrected chi connectivity index (χ3v) is 3.44. The quantitative estimate of drug-likeness (QED) is 0.568. The van der Waals surface area contributed by atoms with Crippen LogP contribution in [0, 0.1) is 6.92 Å². The van der Waals surface area contributed by atoms with Crippen molar-refractivity contribution in [1.82, 2.24) is 20.9 Å². The van der Waals surface area contributed by atoms with Crippen molar-refractivity contribution in [2.24, 2.45) is 4.99 Å². The molecule has 0 bridgehead atoms. The Hall–Kier alpha value is -1.63. The van der Waals surface area contributed by atoms with Crippen LogP contribution in [-0.2, 0) is 11.3 Å². The zero-order valence-electron chi connectivity index (χ0n) is 13.4. The minimum atomic E-state index is -0.238. The minimum absolute atomic E-state index is 0.0892. The van der Waals surface area contributed by atoms with E-state index in [1.165, 1.54) is 4.88 Å². The van der Waals surface area contributed by atoms with Crippen LogP contribution in [0.2, 0.25) is 0 Å². The molecule has 0 aliphatic rings. The van der Waals surface area contributed by atoms with Crippen molar-refractivity contribution in [3.05, 3.63) is 16.1 Å². The van der Waals surface area contributed by atoms with Crippen LogP contribution < -0.4 is 16.0 Å². The number of carbonyl (C=O) groups is 1. The predicted octanol–water partition coefficient (Wildman–Crippen LogP) is 1.42. The molecular formula is C14H25N5OS. The number of guanidine groups is 1. The third-order valence-electron chi connectivity index (χ3n) is 2.50. The summed E-state index contributed by atoms with van der Waals surface area (Å²) in [6.45, 7) is 11.3. The van der Waals surface area contributed by atoms with E-state index < -0.39 is 0 Å². The fraction of sp³-hybridized carbons (Fsp3) is 0.643. The van der Waals surface area contributed by atoms with Crippen LogP contribution in [0.4, 0.5) is 0 Å². The maximum Gasteiger partial charge on any atom is 0.242 e. The van der Waals surface area contributed by atoms with Gasteiger partial charge in [-0.3, -0.25) is 4.79 Å². The average Bonchev–Trinajstić information content (AvgIpc) is 2.76. The van der Waals surface area contributed by atoms with Crippen LogP contribution in [0.3, 0.4) is 0 Å². The van der Waals surface area contributed by atoms with Crippen molar-refractivity contribution in [3.8, 4) is 0 Å². The molecule has 1 aromatic rings. The lowest BCUT2D eigenvalue weighted by Crippen LogP contribution is -2.43. The summed E-state index contributed by atoms with van der Waals surface area (Å²) in [5, 5.41) is 9.22. The lowest BCUT2D eigenvalue weighted by molar-refractivity contribution is -0.121. The molecule has 0 aliphatic heterocycles. The summed E-state index contributed by atoms with van der Waals surface area (Å²) in [5.74, 6) is 0.544. The van der Waals surface area contributed by atoms with E-state index in [0.29, 0.717) is 12.5 Å². The van der Waals surface area contributed by atoms with Gasteiger partial charge >= 0.3 is 0 Å². The number of rotatable bonds is 5. The summed E-state index contributed by atoms with van der Waals surface area (Å²) < 4.78 is 0. The van der Waals surface area contributed by atoms with E-state index in [1.807, 2.05) is 40.1 Å². The van der Waals surface area contributed by atoms with Crippen molar-refractivity contribution in [2.45, 2.75) is 46.7 Å². The number of thiazole rings is 1. The molecule has 0 saturated carbocycles. The Morgan fingerprint density at radius 1 is 1.38 bits per heavy atom. The highest BCUT2D eigenvalue weighted by Gasteiger charge is 2.13. The Morgan fingerprint density at radius 2 is 2.10 bits per heavy atom. The molecule has 0 spiro atoms. The van der Waals surface area contributed by atoms with E-state index in [0.717, 1.165) is 12.2 Å².